The van der Waals surface area contributed by atoms with E-state index in [2.05, 4.69) is 5.32 Å². The van der Waals surface area contributed by atoms with E-state index >= 15 is 0 Å². The van der Waals surface area contributed by atoms with Crippen LogP contribution in [-0.4, -0.2) is 24.8 Å². The molecule has 8 heteroatoms. The Hall–Kier alpha value is -3.35. The summed E-state index contributed by atoms with van der Waals surface area (Å²) in [6.45, 7) is 0. The van der Waals surface area contributed by atoms with Crippen LogP contribution in [0, 0.1) is 0 Å². The molecule has 0 bridgehead atoms. The number of imide groups is 1. The van der Waals surface area contributed by atoms with Crippen LogP contribution in [0.1, 0.15) is 31.1 Å². The number of benzene rings is 3. The summed E-state index contributed by atoms with van der Waals surface area (Å²) in [5.74, 6) is -1.08. The standard InChI is InChI=1S/C22H14Cl2N2O4/c1-30-18-11-12(25-20(27)15-7-4-8-16(23)19(15)24)9-10-17(18)26-21(28)13-5-2-3-6-14(13)22(26)29/h2-11H,1H3,(H,25,27). The molecular weight excluding hydrogens is 427 g/mol. The highest BCUT2D eigenvalue weighted by Crippen LogP contribution is 2.37. The zero-order chi connectivity index (χ0) is 21.4. The molecular formula is C22H14Cl2N2O4. The van der Waals surface area contributed by atoms with Crippen molar-refractivity contribution in [2.75, 3.05) is 17.3 Å². The van der Waals surface area contributed by atoms with E-state index in [4.69, 9.17) is 27.9 Å². The lowest BCUT2D eigenvalue weighted by Crippen LogP contribution is -2.29. The van der Waals surface area contributed by atoms with Crippen LogP contribution in [0.4, 0.5) is 11.4 Å². The van der Waals surface area contributed by atoms with E-state index in [-0.39, 0.29) is 27.0 Å². The van der Waals surface area contributed by atoms with Crippen LogP contribution in [-0.2, 0) is 0 Å². The Labute approximate surface area is 182 Å². The fourth-order valence-electron chi connectivity index (χ4n) is 3.23. The van der Waals surface area contributed by atoms with Gasteiger partial charge in [0.05, 0.1) is 39.5 Å². The Kier molecular flexibility index (Phi) is 5.20. The number of carbonyl (C=O) groups excluding carboxylic acids is 3. The van der Waals surface area contributed by atoms with Gasteiger partial charge in [-0.25, -0.2) is 4.90 Å². The minimum Gasteiger partial charge on any atom is -0.494 e. The predicted octanol–water partition coefficient (Wildman–Crippen LogP) is 5.05. The van der Waals surface area contributed by atoms with Crippen molar-refractivity contribution in [3.05, 3.63) is 87.4 Å². The molecule has 1 N–H and O–H groups in total. The van der Waals surface area contributed by atoms with Crippen LogP contribution in [0.5, 0.6) is 5.75 Å². The monoisotopic (exact) mass is 440 g/mol. The number of anilines is 2. The van der Waals surface area contributed by atoms with E-state index < -0.39 is 17.7 Å². The second kappa shape index (κ2) is 7.82. The second-order valence-electron chi connectivity index (χ2n) is 6.43. The van der Waals surface area contributed by atoms with Gasteiger partial charge >= 0.3 is 0 Å². The lowest BCUT2D eigenvalue weighted by Gasteiger charge is -2.18. The van der Waals surface area contributed by atoms with Crippen molar-refractivity contribution >= 4 is 52.3 Å². The van der Waals surface area contributed by atoms with Crippen LogP contribution in [0.2, 0.25) is 10.0 Å². The molecule has 0 aliphatic carbocycles. The van der Waals surface area contributed by atoms with Crippen LogP contribution in [0.3, 0.4) is 0 Å². The lowest BCUT2D eigenvalue weighted by atomic mass is 10.1. The molecule has 30 heavy (non-hydrogen) atoms. The van der Waals surface area contributed by atoms with Crippen LogP contribution in [0.25, 0.3) is 0 Å². The Morgan fingerprint density at radius 3 is 2.23 bits per heavy atom. The van der Waals surface area contributed by atoms with Crippen LogP contribution >= 0.6 is 23.2 Å². The maximum absolute atomic E-state index is 12.7. The van der Waals surface area contributed by atoms with Crippen molar-refractivity contribution in [3.63, 3.8) is 0 Å². The molecule has 0 saturated heterocycles. The number of hydrogen-bond acceptors (Lipinski definition) is 4. The maximum atomic E-state index is 12.7. The van der Waals surface area contributed by atoms with E-state index in [1.807, 2.05) is 0 Å². The van der Waals surface area contributed by atoms with Crippen molar-refractivity contribution in [1.29, 1.82) is 0 Å². The Morgan fingerprint density at radius 2 is 1.60 bits per heavy atom. The van der Waals surface area contributed by atoms with Gasteiger partial charge in [0.2, 0.25) is 0 Å². The minimum absolute atomic E-state index is 0.145. The van der Waals surface area contributed by atoms with Gasteiger partial charge in [-0.3, -0.25) is 14.4 Å². The van der Waals surface area contributed by atoms with E-state index in [1.54, 1.807) is 48.5 Å². The average Bonchev–Trinajstić information content (AvgIpc) is 3.00. The van der Waals surface area contributed by atoms with E-state index in [0.29, 0.717) is 16.8 Å². The summed E-state index contributed by atoms with van der Waals surface area (Å²) in [5, 5.41) is 3.12. The van der Waals surface area contributed by atoms with Gasteiger partial charge in [-0.15, -0.1) is 0 Å². The first kappa shape index (κ1) is 19.9. The summed E-state index contributed by atoms with van der Waals surface area (Å²) in [4.78, 5) is 39.1. The fourth-order valence-corrected chi connectivity index (χ4v) is 3.61. The van der Waals surface area contributed by atoms with Crippen molar-refractivity contribution in [1.82, 2.24) is 0 Å². The summed E-state index contributed by atoms with van der Waals surface area (Å²) in [7, 11) is 1.41. The number of halogens is 2. The molecule has 0 fully saturated rings. The number of rotatable bonds is 4. The number of nitrogens with zero attached hydrogens (tertiary/aromatic N) is 1. The van der Waals surface area contributed by atoms with Gasteiger partial charge in [0.1, 0.15) is 5.75 Å². The normalized spacial score (nSPS) is 12.7. The third kappa shape index (κ3) is 3.30. The quantitative estimate of drug-likeness (QED) is 0.575. The number of carbonyl (C=O) groups is 3. The third-order valence-electron chi connectivity index (χ3n) is 4.67. The Balaban J connectivity index is 1.65. The average molecular weight is 441 g/mol. The summed E-state index contributed by atoms with van der Waals surface area (Å²) < 4.78 is 5.38. The van der Waals surface area contributed by atoms with E-state index in [9.17, 15) is 14.4 Å². The molecule has 0 saturated carbocycles. The molecule has 3 amide bonds. The van der Waals surface area contributed by atoms with Gasteiger partial charge in [0, 0.05) is 11.8 Å². The van der Waals surface area contributed by atoms with Crippen molar-refractivity contribution < 1.29 is 19.1 Å². The third-order valence-corrected chi connectivity index (χ3v) is 5.49. The number of nitrogens with one attached hydrogen (secondary N) is 1. The highest BCUT2D eigenvalue weighted by atomic mass is 35.5. The number of fused-ring (bicyclic) bond motifs is 1. The first-order valence-corrected chi connectivity index (χ1v) is 9.59. The highest BCUT2D eigenvalue weighted by Gasteiger charge is 2.37. The molecule has 4 rings (SSSR count). The Bertz CT molecular complexity index is 1170. The number of hydrogen-bond donors (Lipinski definition) is 1. The fraction of sp³-hybridized carbons (Fsp3) is 0.0455. The molecule has 0 radical (unpaired) electrons. The zero-order valence-corrected chi connectivity index (χ0v) is 17.1. The molecule has 0 aromatic heterocycles. The van der Waals surface area contributed by atoms with E-state index in [1.165, 1.54) is 19.2 Å². The molecule has 0 unspecified atom stereocenters. The van der Waals surface area contributed by atoms with E-state index in [0.717, 1.165) is 4.90 Å². The molecule has 1 aliphatic heterocycles. The molecule has 150 valence electrons. The largest absolute Gasteiger partial charge is 0.494 e. The number of amides is 3. The number of ether oxygens (including phenoxy) is 1. The molecule has 3 aromatic carbocycles. The summed E-state index contributed by atoms with van der Waals surface area (Å²) in [5.41, 5.74) is 1.55. The second-order valence-corrected chi connectivity index (χ2v) is 7.22. The van der Waals surface area contributed by atoms with Gasteiger partial charge in [-0.2, -0.15) is 0 Å². The minimum atomic E-state index is -0.460. The number of methoxy groups -OCH3 is 1. The molecule has 1 heterocycles. The molecule has 3 aromatic rings. The maximum Gasteiger partial charge on any atom is 0.266 e. The van der Waals surface area contributed by atoms with Crippen LogP contribution in [0.15, 0.2) is 60.7 Å². The SMILES string of the molecule is COc1cc(NC(=O)c2cccc(Cl)c2Cl)ccc1N1C(=O)c2ccccc2C1=O. The van der Waals surface area contributed by atoms with Crippen molar-refractivity contribution in [3.8, 4) is 5.75 Å². The molecule has 0 atom stereocenters. The first-order chi connectivity index (χ1) is 14.4. The first-order valence-electron chi connectivity index (χ1n) is 8.83. The van der Waals surface area contributed by atoms with Gasteiger partial charge in [0.25, 0.3) is 17.7 Å². The molecule has 6 nitrogen and oxygen atoms in total. The predicted molar refractivity (Wildman–Crippen MR) is 115 cm³/mol. The van der Waals surface area contributed by atoms with Crippen molar-refractivity contribution in [2.45, 2.75) is 0 Å². The topological polar surface area (TPSA) is 75.7 Å². The lowest BCUT2D eigenvalue weighted by molar-refractivity contribution is 0.0923. The Morgan fingerprint density at radius 1 is 0.933 bits per heavy atom. The summed E-state index contributed by atoms with van der Waals surface area (Å²) >= 11 is 12.1. The highest BCUT2D eigenvalue weighted by molar-refractivity contribution is 6.44. The smallest absolute Gasteiger partial charge is 0.266 e. The van der Waals surface area contributed by atoms with Gasteiger partial charge in [0.15, 0.2) is 0 Å². The summed E-state index contributed by atoms with van der Waals surface area (Å²) in [6.07, 6.45) is 0. The van der Waals surface area contributed by atoms with Crippen molar-refractivity contribution in [2.24, 2.45) is 0 Å². The molecule has 0 spiro atoms. The van der Waals surface area contributed by atoms with Gasteiger partial charge in [-0.05, 0) is 36.4 Å². The summed E-state index contributed by atoms with van der Waals surface area (Å²) in [6, 6.07) is 16.0. The van der Waals surface area contributed by atoms with Crippen LogP contribution < -0.4 is 15.0 Å². The zero-order valence-electron chi connectivity index (χ0n) is 15.6. The van der Waals surface area contributed by atoms with Gasteiger partial charge in [-0.1, -0.05) is 41.4 Å². The molecule has 1 aliphatic rings. The van der Waals surface area contributed by atoms with Gasteiger partial charge < -0.3 is 10.1 Å².